The van der Waals surface area contributed by atoms with Crippen LogP contribution in [0.25, 0.3) is 0 Å². The molecule has 2 aliphatic heterocycles. The summed E-state index contributed by atoms with van der Waals surface area (Å²) in [6.07, 6.45) is 9.92. The number of alkyl halides is 1. The third-order valence-corrected chi connectivity index (χ3v) is 10.2. The molecular weight excluding hydrogens is 839 g/mol. The van der Waals surface area contributed by atoms with E-state index in [0.29, 0.717) is 29.8 Å². The second kappa shape index (κ2) is 22.2. The van der Waals surface area contributed by atoms with Crippen LogP contribution in [0.5, 0.6) is 0 Å². The average Bonchev–Trinajstić information content (AvgIpc) is 3.16. The van der Waals surface area contributed by atoms with E-state index in [4.69, 9.17) is 11.9 Å². The van der Waals surface area contributed by atoms with E-state index in [2.05, 4.69) is 42.5 Å². The summed E-state index contributed by atoms with van der Waals surface area (Å²) >= 11 is 6.58. The molecule has 4 aromatic carbocycles. The van der Waals surface area contributed by atoms with Gasteiger partial charge < -0.3 is 10.6 Å². The van der Waals surface area contributed by atoms with E-state index in [-0.39, 0.29) is 35.7 Å². The minimum atomic E-state index is -1.00. The number of nitriles is 2. The molecule has 12 heteroatoms. The number of halogens is 8. The molecule has 0 bridgehead atoms. The number of benzene rings is 4. The lowest BCUT2D eigenvalue weighted by molar-refractivity contribution is 0.562. The standard InChI is InChI=1S/C11H10FN.C10H10BrF.C10H9FN2.C9H9BrFN.CH3F.ClH/c12-11-6-8(7-13)5-9-3-1-2-4-10(9)11;11-8-5-7-3-1-2-4-9(7)10(12)6-8;11-10-4-7(5-12)3-8-1-2-13-6-9(8)10;10-7-3-6-1-2-12-5-8(6)9(11)4-7;1-2;/h5-6H,1-4H2;5-6H,1-4H2;3-4,13H,1-2,6H2;3-4,12H,1-2,5H2;1H3;1H/i;;;;1D;. The van der Waals surface area contributed by atoms with Crippen molar-refractivity contribution in [1.82, 2.24) is 10.6 Å². The maximum absolute atomic E-state index is 13.4. The third-order valence-electron chi connectivity index (χ3n) is 9.33. The second-order valence-electron chi connectivity index (χ2n) is 12.7. The summed E-state index contributed by atoms with van der Waals surface area (Å²) in [5.74, 6) is -0.611. The molecule has 53 heavy (non-hydrogen) atoms. The predicted molar refractivity (Wildman–Crippen MR) is 209 cm³/mol. The van der Waals surface area contributed by atoms with E-state index in [1.165, 1.54) is 30.2 Å². The predicted octanol–water partition coefficient (Wildman–Crippen LogP) is 10.6. The van der Waals surface area contributed by atoms with E-state index >= 15 is 0 Å². The summed E-state index contributed by atoms with van der Waals surface area (Å²) in [6, 6.07) is 17.3. The van der Waals surface area contributed by atoms with Gasteiger partial charge in [0.1, 0.15) is 23.3 Å². The van der Waals surface area contributed by atoms with Crippen LogP contribution >= 0.6 is 44.3 Å². The molecule has 2 N–H and O–H groups in total. The first-order valence-electron chi connectivity index (χ1n) is 17.9. The molecule has 0 atom stereocenters. The van der Waals surface area contributed by atoms with Crippen LogP contribution in [0.2, 0.25) is 0 Å². The first-order chi connectivity index (χ1) is 25.6. The lowest BCUT2D eigenvalue weighted by Gasteiger charge is -2.17. The molecule has 2 heterocycles. The summed E-state index contributed by atoms with van der Waals surface area (Å²) < 4.78 is 70.5. The molecule has 282 valence electrons. The highest BCUT2D eigenvalue weighted by atomic mass is 79.9. The van der Waals surface area contributed by atoms with Gasteiger partial charge in [-0.05, 0) is 159 Å². The fraction of sp³-hybridized carbons (Fsp3) is 0.366. The van der Waals surface area contributed by atoms with Gasteiger partial charge in [-0.25, -0.2) is 17.6 Å². The van der Waals surface area contributed by atoms with Gasteiger partial charge in [-0.15, -0.1) is 12.4 Å². The molecule has 0 saturated carbocycles. The number of fused-ring (bicyclic) bond motifs is 4. The van der Waals surface area contributed by atoms with Gasteiger partial charge in [0.15, 0.2) is 0 Å². The van der Waals surface area contributed by atoms with Gasteiger partial charge in [-0.3, -0.25) is 4.39 Å². The fourth-order valence-electron chi connectivity index (χ4n) is 6.79. The van der Waals surface area contributed by atoms with Crippen LogP contribution in [-0.2, 0) is 51.6 Å². The van der Waals surface area contributed by atoms with Crippen molar-refractivity contribution in [2.75, 3.05) is 20.2 Å². The first-order valence-corrected chi connectivity index (χ1v) is 18.8. The third kappa shape index (κ3) is 12.3. The lowest BCUT2D eigenvalue weighted by atomic mass is 9.90. The van der Waals surface area contributed by atoms with Gasteiger partial charge in [0.05, 0.1) is 31.8 Å². The van der Waals surface area contributed by atoms with E-state index in [0.717, 1.165) is 113 Å². The monoisotopic (exact) mass is 879 g/mol. The van der Waals surface area contributed by atoms with E-state index in [1.54, 1.807) is 12.1 Å². The number of nitrogens with zero attached hydrogens (tertiary/aromatic N) is 2. The number of aryl methyl sites for hydroxylation is 2. The number of nitrogens with one attached hydrogen (secondary N) is 2. The summed E-state index contributed by atoms with van der Waals surface area (Å²) in [5.41, 5.74) is 8.47. The highest BCUT2D eigenvalue weighted by Crippen LogP contribution is 2.28. The van der Waals surface area contributed by atoms with Crippen molar-refractivity contribution in [2.24, 2.45) is 0 Å². The van der Waals surface area contributed by atoms with E-state index in [1.807, 2.05) is 30.3 Å². The Morgan fingerprint density at radius 2 is 0.887 bits per heavy atom. The molecule has 0 unspecified atom stereocenters. The molecule has 0 radical (unpaired) electrons. The molecule has 8 rings (SSSR count). The van der Waals surface area contributed by atoms with Crippen LogP contribution < -0.4 is 10.6 Å². The highest BCUT2D eigenvalue weighted by Gasteiger charge is 2.17. The van der Waals surface area contributed by atoms with Gasteiger partial charge in [0.25, 0.3) is 0 Å². The van der Waals surface area contributed by atoms with Crippen molar-refractivity contribution in [2.45, 2.75) is 77.3 Å². The molecule has 0 saturated heterocycles. The van der Waals surface area contributed by atoms with Crippen molar-refractivity contribution in [3.05, 3.63) is 136 Å². The van der Waals surface area contributed by atoms with Crippen molar-refractivity contribution in [1.29, 1.82) is 10.5 Å². The zero-order valence-corrected chi connectivity index (χ0v) is 33.2. The number of hydrogen-bond acceptors (Lipinski definition) is 4. The molecule has 4 nitrogen and oxygen atoms in total. The fourth-order valence-corrected chi connectivity index (χ4v) is 7.74. The SMILES string of the molecule is Cl.Fc1cc(Br)cc2c1CCCC2.Fc1cc(Br)cc2c1CNCC2.N#Cc1cc(F)c2c(c1)CCCC2.N#Cc1cc(F)c2c(c1)CCNC2.[2H]CF. The smallest absolute Gasteiger partial charge is 0.129 e. The summed E-state index contributed by atoms with van der Waals surface area (Å²) in [5, 5.41) is 23.5. The molecule has 2 aliphatic carbocycles. The van der Waals surface area contributed by atoms with Gasteiger partial charge in [0, 0.05) is 33.2 Å². The van der Waals surface area contributed by atoms with Crippen LogP contribution in [0, 0.1) is 45.9 Å². The molecule has 0 amide bonds. The Labute approximate surface area is 333 Å². The van der Waals surface area contributed by atoms with Gasteiger partial charge in [0.2, 0.25) is 0 Å². The molecule has 0 aromatic heterocycles. The Balaban J connectivity index is 0.000000188. The topological polar surface area (TPSA) is 71.6 Å². The first kappa shape index (κ1) is 42.4. The quantitative estimate of drug-likeness (QED) is 0.173. The van der Waals surface area contributed by atoms with Crippen molar-refractivity contribution in [3.8, 4) is 12.1 Å². The largest absolute Gasteiger partial charge is 0.312 e. The zero-order valence-electron chi connectivity index (χ0n) is 30.2. The zero-order chi connectivity index (χ0) is 38.3. The van der Waals surface area contributed by atoms with Crippen LogP contribution in [0.1, 0.15) is 82.7 Å². The Kier molecular flexibility index (Phi) is 17.7. The molecule has 4 aromatic rings. The highest BCUT2D eigenvalue weighted by molar-refractivity contribution is 9.10. The summed E-state index contributed by atoms with van der Waals surface area (Å²) in [7, 11) is -1.00. The van der Waals surface area contributed by atoms with Crippen LogP contribution in [-0.4, -0.2) is 20.2 Å². The maximum atomic E-state index is 13.4. The van der Waals surface area contributed by atoms with Gasteiger partial charge in [-0.2, -0.15) is 10.5 Å². The lowest BCUT2D eigenvalue weighted by Crippen LogP contribution is -2.24. The van der Waals surface area contributed by atoms with Crippen LogP contribution in [0.15, 0.2) is 57.5 Å². The second-order valence-corrected chi connectivity index (χ2v) is 14.6. The minimum Gasteiger partial charge on any atom is -0.312 e. The Hall–Kier alpha value is -3.32. The Bertz CT molecular complexity index is 1830. The summed E-state index contributed by atoms with van der Waals surface area (Å²) in [4.78, 5) is 0. The van der Waals surface area contributed by atoms with E-state index in [9.17, 15) is 22.0 Å². The summed E-state index contributed by atoms with van der Waals surface area (Å²) in [6.45, 7) is 3.05. The molecule has 4 aliphatic rings. The van der Waals surface area contributed by atoms with Crippen molar-refractivity contribution in [3.63, 3.8) is 0 Å². The Morgan fingerprint density at radius 3 is 1.34 bits per heavy atom. The van der Waals surface area contributed by atoms with Gasteiger partial charge in [-0.1, -0.05) is 31.9 Å². The normalized spacial score (nSPS) is 14.8. The maximum Gasteiger partial charge on any atom is 0.129 e. The number of hydrogen-bond donors (Lipinski definition) is 2. The average molecular weight is 882 g/mol. The molecular formula is C41H42Br2ClF5N4. The molecule has 0 spiro atoms. The molecule has 0 fully saturated rings. The number of rotatable bonds is 0. The van der Waals surface area contributed by atoms with E-state index < -0.39 is 7.15 Å². The van der Waals surface area contributed by atoms with Crippen molar-refractivity contribution < 1.29 is 23.3 Å². The van der Waals surface area contributed by atoms with Gasteiger partial charge >= 0.3 is 0 Å². The van der Waals surface area contributed by atoms with Crippen molar-refractivity contribution >= 4 is 44.3 Å². The Morgan fingerprint density at radius 1 is 0.547 bits per heavy atom. The minimum absolute atomic E-state index is 0. The van der Waals surface area contributed by atoms with Crippen LogP contribution in [0.3, 0.4) is 0 Å². The van der Waals surface area contributed by atoms with Crippen LogP contribution in [0.4, 0.5) is 22.0 Å².